The minimum absolute atomic E-state index is 0.270. The van der Waals surface area contributed by atoms with Gasteiger partial charge in [-0.1, -0.05) is 0 Å². The van der Waals surface area contributed by atoms with Crippen molar-refractivity contribution in [3.63, 3.8) is 0 Å². The van der Waals surface area contributed by atoms with Crippen molar-refractivity contribution in [2.24, 2.45) is 5.73 Å². The first kappa shape index (κ1) is 10.9. The van der Waals surface area contributed by atoms with Gasteiger partial charge in [0.1, 0.15) is 5.82 Å². The lowest BCUT2D eigenvalue weighted by Gasteiger charge is -1.94. The second-order valence-corrected chi connectivity index (χ2v) is 3.98. The Hall–Kier alpha value is -2.27. The zero-order chi connectivity index (χ0) is 12.5. The molecule has 0 saturated heterocycles. The number of nitrogens with zero attached hydrogens (tertiary/aromatic N) is 3. The van der Waals surface area contributed by atoms with Crippen molar-refractivity contribution in [2.45, 2.75) is 6.54 Å². The zero-order valence-corrected chi connectivity index (χ0v) is 9.55. The van der Waals surface area contributed by atoms with Crippen LogP contribution in [0.25, 0.3) is 17.0 Å². The van der Waals surface area contributed by atoms with E-state index in [9.17, 15) is 4.39 Å². The van der Waals surface area contributed by atoms with Gasteiger partial charge in [0.05, 0.1) is 0 Å². The number of benzene rings is 1. The molecular formula is C13H11FN4. The van der Waals surface area contributed by atoms with Gasteiger partial charge in [-0.15, -0.1) is 5.10 Å². The molecular weight excluding hydrogens is 231 g/mol. The van der Waals surface area contributed by atoms with Gasteiger partial charge >= 0.3 is 0 Å². The minimum Gasteiger partial charge on any atom is -0.326 e. The molecule has 0 spiro atoms. The van der Waals surface area contributed by atoms with Crippen molar-refractivity contribution in [3.05, 3.63) is 54.0 Å². The molecule has 0 atom stereocenters. The van der Waals surface area contributed by atoms with Crippen LogP contribution in [0.2, 0.25) is 0 Å². The molecule has 0 aliphatic rings. The van der Waals surface area contributed by atoms with E-state index < -0.39 is 0 Å². The van der Waals surface area contributed by atoms with Crippen molar-refractivity contribution < 1.29 is 4.39 Å². The smallest absolute Gasteiger partial charge is 0.182 e. The fraction of sp³-hybridized carbons (Fsp3) is 0.0769. The highest BCUT2D eigenvalue weighted by molar-refractivity contribution is 5.58. The van der Waals surface area contributed by atoms with E-state index in [1.54, 1.807) is 16.6 Å². The zero-order valence-electron chi connectivity index (χ0n) is 9.55. The summed E-state index contributed by atoms with van der Waals surface area (Å²) >= 11 is 0. The molecule has 0 aliphatic carbocycles. The number of hydrogen-bond donors (Lipinski definition) is 1. The van der Waals surface area contributed by atoms with Gasteiger partial charge in [-0.2, -0.15) is 0 Å². The van der Waals surface area contributed by atoms with Gasteiger partial charge in [-0.3, -0.25) is 0 Å². The Bertz CT molecular complexity index is 688. The molecule has 0 saturated carbocycles. The summed E-state index contributed by atoms with van der Waals surface area (Å²) in [5.41, 5.74) is 8.10. The Kier molecular flexibility index (Phi) is 2.53. The van der Waals surface area contributed by atoms with Gasteiger partial charge in [0, 0.05) is 18.3 Å². The summed E-state index contributed by atoms with van der Waals surface area (Å²) in [4.78, 5) is 4.40. The van der Waals surface area contributed by atoms with Crippen LogP contribution in [0, 0.1) is 5.82 Å². The van der Waals surface area contributed by atoms with Crippen LogP contribution in [0.3, 0.4) is 0 Å². The fourth-order valence-electron chi connectivity index (χ4n) is 1.77. The molecule has 1 aromatic carbocycles. The Morgan fingerprint density at radius 3 is 2.67 bits per heavy atom. The standard InChI is InChI=1S/C13H11FN4/c14-11-3-1-10(2-4-11)13-16-12-7-9(8-15)5-6-18(12)17-13/h1-7H,8,15H2. The van der Waals surface area contributed by atoms with E-state index in [0.717, 1.165) is 16.8 Å². The summed E-state index contributed by atoms with van der Waals surface area (Å²) in [5.74, 6) is 0.303. The van der Waals surface area contributed by atoms with Gasteiger partial charge in [0.25, 0.3) is 0 Å². The third-order valence-corrected chi connectivity index (χ3v) is 2.74. The van der Waals surface area contributed by atoms with Gasteiger partial charge < -0.3 is 5.73 Å². The molecule has 0 amide bonds. The molecule has 4 nitrogen and oxygen atoms in total. The Morgan fingerprint density at radius 1 is 1.17 bits per heavy atom. The van der Waals surface area contributed by atoms with Crippen molar-refractivity contribution in [1.29, 1.82) is 0 Å². The average molecular weight is 242 g/mol. The van der Waals surface area contributed by atoms with Crippen molar-refractivity contribution in [3.8, 4) is 11.4 Å². The number of rotatable bonds is 2. The van der Waals surface area contributed by atoms with Gasteiger partial charge in [0.15, 0.2) is 11.5 Å². The SMILES string of the molecule is NCc1ccn2nc(-c3ccc(F)cc3)nc2c1. The van der Waals surface area contributed by atoms with Crippen molar-refractivity contribution >= 4 is 5.65 Å². The molecule has 90 valence electrons. The number of nitrogens with two attached hydrogens (primary N) is 1. The summed E-state index contributed by atoms with van der Waals surface area (Å²) in [5, 5.41) is 4.33. The Morgan fingerprint density at radius 2 is 1.94 bits per heavy atom. The van der Waals surface area contributed by atoms with Gasteiger partial charge in [-0.05, 0) is 42.0 Å². The van der Waals surface area contributed by atoms with Crippen LogP contribution in [0.5, 0.6) is 0 Å². The highest BCUT2D eigenvalue weighted by atomic mass is 19.1. The Labute approximate surface area is 103 Å². The van der Waals surface area contributed by atoms with E-state index in [4.69, 9.17) is 5.73 Å². The molecule has 3 aromatic rings. The van der Waals surface area contributed by atoms with Crippen molar-refractivity contribution in [2.75, 3.05) is 0 Å². The van der Waals surface area contributed by atoms with Crippen molar-refractivity contribution in [1.82, 2.24) is 14.6 Å². The monoisotopic (exact) mass is 242 g/mol. The van der Waals surface area contributed by atoms with Gasteiger partial charge in [-0.25, -0.2) is 13.9 Å². The first-order valence-corrected chi connectivity index (χ1v) is 5.57. The van der Waals surface area contributed by atoms with E-state index in [2.05, 4.69) is 10.1 Å². The molecule has 3 rings (SSSR count). The van der Waals surface area contributed by atoms with Crippen LogP contribution in [0.4, 0.5) is 4.39 Å². The van der Waals surface area contributed by atoms with Crippen LogP contribution in [-0.2, 0) is 6.54 Å². The second-order valence-electron chi connectivity index (χ2n) is 3.98. The number of pyridine rings is 1. The quantitative estimate of drug-likeness (QED) is 0.747. The highest BCUT2D eigenvalue weighted by Gasteiger charge is 2.06. The predicted octanol–water partition coefficient (Wildman–Crippen LogP) is 1.99. The number of fused-ring (bicyclic) bond motifs is 1. The molecule has 0 unspecified atom stereocenters. The lowest BCUT2D eigenvalue weighted by atomic mass is 10.2. The second kappa shape index (κ2) is 4.19. The van der Waals surface area contributed by atoms with Crippen LogP contribution >= 0.6 is 0 Å². The fourth-order valence-corrected chi connectivity index (χ4v) is 1.77. The summed E-state index contributed by atoms with van der Waals surface area (Å²) in [7, 11) is 0. The summed E-state index contributed by atoms with van der Waals surface area (Å²) in [6, 6.07) is 9.90. The average Bonchev–Trinajstić information content (AvgIpc) is 2.82. The van der Waals surface area contributed by atoms with E-state index in [1.807, 2.05) is 18.3 Å². The van der Waals surface area contributed by atoms with E-state index in [1.165, 1.54) is 12.1 Å². The molecule has 0 fully saturated rings. The first-order valence-electron chi connectivity index (χ1n) is 5.57. The normalized spacial score (nSPS) is 11.0. The third kappa shape index (κ3) is 1.84. The van der Waals surface area contributed by atoms with E-state index in [0.29, 0.717) is 12.4 Å². The molecule has 2 N–H and O–H groups in total. The van der Waals surface area contributed by atoms with Crippen LogP contribution < -0.4 is 5.73 Å². The lowest BCUT2D eigenvalue weighted by molar-refractivity contribution is 0.628. The largest absolute Gasteiger partial charge is 0.326 e. The predicted molar refractivity (Wildman–Crippen MR) is 66.3 cm³/mol. The maximum absolute atomic E-state index is 12.8. The first-order chi connectivity index (χ1) is 8.76. The molecule has 0 radical (unpaired) electrons. The topological polar surface area (TPSA) is 56.2 Å². The lowest BCUT2D eigenvalue weighted by Crippen LogP contribution is -1.97. The minimum atomic E-state index is -0.270. The number of aromatic nitrogens is 3. The summed E-state index contributed by atoms with van der Waals surface area (Å²) in [6.07, 6.45) is 1.82. The molecule has 0 bridgehead atoms. The van der Waals surface area contributed by atoms with Crippen LogP contribution in [0.1, 0.15) is 5.56 Å². The van der Waals surface area contributed by atoms with E-state index >= 15 is 0 Å². The molecule has 0 aliphatic heterocycles. The summed E-state index contributed by atoms with van der Waals surface area (Å²) in [6.45, 7) is 0.468. The van der Waals surface area contributed by atoms with Crippen LogP contribution in [-0.4, -0.2) is 14.6 Å². The molecule has 5 heteroatoms. The molecule has 2 heterocycles. The van der Waals surface area contributed by atoms with Gasteiger partial charge in [0.2, 0.25) is 0 Å². The van der Waals surface area contributed by atoms with E-state index in [-0.39, 0.29) is 5.82 Å². The number of halogens is 1. The van der Waals surface area contributed by atoms with Crippen LogP contribution in [0.15, 0.2) is 42.6 Å². The highest BCUT2D eigenvalue weighted by Crippen LogP contribution is 2.17. The number of hydrogen-bond acceptors (Lipinski definition) is 3. The molecule has 18 heavy (non-hydrogen) atoms. The third-order valence-electron chi connectivity index (χ3n) is 2.74. The summed E-state index contributed by atoms with van der Waals surface area (Å²) < 4.78 is 14.5. The maximum Gasteiger partial charge on any atom is 0.182 e. The maximum atomic E-state index is 12.8. The Balaban J connectivity index is 2.10. The molecule has 2 aromatic heterocycles.